The lowest BCUT2D eigenvalue weighted by Crippen LogP contribution is -2.30. The zero-order valence-electron chi connectivity index (χ0n) is 9.62. The first-order valence-corrected chi connectivity index (χ1v) is 6.71. The van der Waals surface area contributed by atoms with Crippen molar-refractivity contribution in [3.63, 3.8) is 0 Å². The van der Waals surface area contributed by atoms with E-state index in [1.165, 1.54) is 12.0 Å². The van der Waals surface area contributed by atoms with Crippen LogP contribution in [0.25, 0.3) is 0 Å². The van der Waals surface area contributed by atoms with Gasteiger partial charge in [0.1, 0.15) is 0 Å². The Bertz CT molecular complexity index is 354. The second-order valence-corrected chi connectivity index (χ2v) is 5.63. The third-order valence-corrected chi connectivity index (χ3v) is 3.80. The van der Waals surface area contributed by atoms with Crippen molar-refractivity contribution in [3.05, 3.63) is 34.3 Å². The van der Waals surface area contributed by atoms with Crippen LogP contribution in [0.4, 0.5) is 0 Å². The van der Waals surface area contributed by atoms with Crippen LogP contribution >= 0.6 is 15.9 Å². The Kier molecular flexibility index (Phi) is 4.00. The first-order valence-electron chi connectivity index (χ1n) is 5.92. The van der Waals surface area contributed by atoms with Gasteiger partial charge in [-0.1, -0.05) is 28.1 Å². The highest BCUT2D eigenvalue weighted by Crippen LogP contribution is 2.23. The molecule has 3 heteroatoms. The van der Waals surface area contributed by atoms with E-state index in [-0.39, 0.29) is 0 Å². The van der Waals surface area contributed by atoms with E-state index >= 15 is 0 Å². The molecule has 3 atom stereocenters. The summed E-state index contributed by atoms with van der Waals surface area (Å²) in [6.45, 7) is 2.21. The van der Waals surface area contributed by atoms with Crippen molar-refractivity contribution >= 4 is 15.9 Å². The van der Waals surface area contributed by atoms with Gasteiger partial charge >= 0.3 is 0 Å². The monoisotopic (exact) mass is 282 g/mol. The van der Waals surface area contributed by atoms with Crippen molar-refractivity contribution in [2.45, 2.75) is 44.3 Å². The number of benzene rings is 1. The topological polar surface area (TPSA) is 38.0 Å². The number of hydrogen-bond acceptors (Lipinski definition) is 2. The Balaban J connectivity index is 1.95. The minimum absolute atomic E-state index is 0.396. The Morgan fingerprint density at radius 1 is 1.44 bits per heavy atom. The molecule has 1 aromatic rings. The normalized spacial score (nSPS) is 26.9. The van der Waals surface area contributed by atoms with Gasteiger partial charge in [0.15, 0.2) is 0 Å². The van der Waals surface area contributed by atoms with Crippen molar-refractivity contribution in [2.75, 3.05) is 0 Å². The van der Waals surface area contributed by atoms with E-state index in [2.05, 4.69) is 52.4 Å². The fourth-order valence-electron chi connectivity index (χ4n) is 2.39. The van der Waals surface area contributed by atoms with Crippen LogP contribution in [0.1, 0.15) is 37.8 Å². The predicted molar refractivity (Wildman–Crippen MR) is 71.3 cm³/mol. The van der Waals surface area contributed by atoms with Gasteiger partial charge in [0, 0.05) is 22.6 Å². The van der Waals surface area contributed by atoms with Crippen molar-refractivity contribution in [3.8, 4) is 0 Å². The average Bonchev–Trinajstić information content (AvgIpc) is 2.64. The lowest BCUT2D eigenvalue weighted by atomic mass is 10.1. The molecule has 0 spiro atoms. The van der Waals surface area contributed by atoms with Crippen LogP contribution in [-0.2, 0) is 0 Å². The van der Waals surface area contributed by atoms with Gasteiger partial charge in [-0.2, -0.15) is 0 Å². The molecule has 0 bridgehead atoms. The summed E-state index contributed by atoms with van der Waals surface area (Å²) in [5.41, 5.74) is 7.24. The average molecular weight is 283 g/mol. The molecule has 1 saturated carbocycles. The lowest BCUT2D eigenvalue weighted by molar-refractivity contribution is 0.457. The quantitative estimate of drug-likeness (QED) is 0.895. The minimum Gasteiger partial charge on any atom is -0.328 e. The summed E-state index contributed by atoms with van der Waals surface area (Å²) >= 11 is 3.50. The van der Waals surface area contributed by atoms with Crippen LogP contribution in [0.2, 0.25) is 0 Å². The summed E-state index contributed by atoms with van der Waals surface area (Å²) < 4.78 is 1.14. The third kappa shape index (κ3) is 3.06. The van der Waals surface area contributed by atoms with Crippen LogP contribution < -0.4 is 11.1 Å². The van der Waals surface area contributed by atoms with Crippen molar-refractivity contribution in [1.29, 1.82) is 0 Å². The van der Waals surface area contributed by atoms with Crippen LogP contribution in [0.15, 0.2) is 28.7 Å². The van der Waals surface area contributed by atoms with E-state index in [1.54, 1.807) is 0 Å². The zero-order chi connectivity index (χ0) is 11.5. The summed E-state index contributed by atoms with van der Waals surface area (Å²) in [7, 11) is 0. The highest BCUT2D eigenvalue weighted by atomic mass is 79.9. The maximum atomic E-state index is 5.92. The molecule has 2 nitrogen and oxygen atoms in total. The number of hydrogen-bond donors (Lipinski definition) is 2. The number of nitrogens with two attached hydrogens (primary N) is 1. The van der Waals surface area contributed by atoms with Gasteiger partial charge in [-0.05, 0) is 43.9 Å². The van der Waals surface area contributed by atoms with E-state index in [9.17, 15) is 0 Å². The van der Waals surface area contributed by atoms with Crippen LogP contribution in [-0.4, -0.2) is 12.1 Å². The summed E-state index contributed by atoms with van der Waals surface area (Å²) in [5.74, 6) is 0. The van der Waals surface area contributed by atoms with Gasteiger partial charge in [-0.25, -0.2) is 0 Å². The summed E-state index contributed by atoms with van der Waals surface area (Å²) in [5, 5.41) is 3.65. The number of nitrogens with one attached hydrogen (secondary N) is 1. The Hall–Kier alpha value is -0.380. The van der Waals surface area contributed by atoms with E-state index in [0.29, 0.717) is 18.1 Å². The molecule has 0 heterocycles. The molecule has 0 saturated heterocycles. The fraction of sp³-hybridized carbons (Fsp3) is 0.538. The van der Waals surface area contributed by atoms with Gasteiger partial charge < -0.3 is 11.1 Å². The number of rotatable bonds is 3. The maximum absolute atomic E-state index is 5.92. The van der Waals surface area contributed by atoms with Gasteiger partial charge in [-0.15, -0.1) is 0 Å². The number of halogens is 1. The fourth-order valence-corrected chi connectivity index (χ4v) is 2.81. The van der Waals surface area contributed by atoms with Gasteiger partial charge in [0.2, 0.25) is 0 Å². The van der Waals surface area contributed by atoms with E-state index in [0.717, 1.165) is 17.3 Å². The maximum Gasteiger partial charge on any atom is 0.0294 e. The Morgan fingerprint density at radius 2 is 2.25 bits per heavy atom. The first kappa shape index (κ1) is 12.1. The molecule has 3 N–H and O–H groups in total. The lowest BCUT2D eigenvalue weighted by Gasteiger charge is -2.20. The molecule has 1 aliphatic carbocycles. The molecule has 88 valence electrons. The minimum atomic E-state index is 0.396. The highest BCUT2D eigenvalue weighted by molar-refractivity contribution is 9.10. The van der Waals surface area contributed by atoms with E-state index < -0.39 is 0 Å². The van der Waals surface area contributed by atoms with Crippen molar-refractivity contribution in [1.82, 2.24) is 5.32 Å². The van der Waals surface area contributed by atoms with Gasteiger partial charge in [-0.3, -0.25) is 0 Å². The molecule has 16 heavy (non-hydrogen) atoms. The van der Waals surface area contributed by atoms with E-state index in [4.69, 9.17) is 5.73 Å². The summed E-state index contributed by atoms with van der Waals surface area (Å²) in [6.07, 6.45) is 3.47. The molecule has 0 aliphatic heterocycles. The first-order chi connectivity index (χ1) is 7.65. The van der Waals surface area contributed by atoms with Crippen LogP contribution in [0.5, 0.6) is 0 Å². The van der Waals surface area contributed by atoms with Crippen molar-refractivity contribution < 1.29 is 0 Å². The molecule has 1 fully saturated rings. The van der Waals surface area contributed by atoms with E-state index in [1.807, 2.05) is 0 Å². The second kappa shape index (κ2) is 5.30. The predicted octanol–water partition coefficient (Wildman–Crippen LogP) is 2.98. The van der Waals surface area contributed by atoms with Crippen molar-refractivity contribution in [2.24, 2.45) is 5.73 Å². The molecule has 0 aromatic heterocycles. The SMILES string of the molecule is C[C@H](NC1CCC(N)C1)c1cccc(Br)c1. The molecule has 2 rings (SSSR count). The third-order valence-electron chi connectivity index (χ3n) is 3.31. The summed E-state index contributed by atoms with van der Waals surface area (Å²) in [4.78, 5) is 0. The van der Waals surface area contributed by atoms with Gasteiger partial charge in [0.25, 0.3) is 0 Å². The zero-order valence-corrected chi connectivity index (χ0v) is 11.2. The van der Waals surface area contributed by atoms with Crippen LogP contribution in [0, 0.1) is 0 Å². The smallest absolute Gasteiger partial charge is 0.0294 e. The molecule has 0 radical (unpaired) electrons. The van der Waals surface area contributed by atoms with Crippen LogP contribution in [0.3, 0.4) is 0 Å². The molecule has 1 aromatic carbocycles. The van der Waals surface area contributed by atoms with Gasteiger partial charge in [0.05, 0.1) is 0 Å². The second-order valence-electron chi connectivity index (χ2n) is 4.71. The Labute approximate surface area is 106 Å². The molecular weight excluding hydrogens is 264 g/mol. The summed E-state index contributed by atoms with van der Waals surface area (Å²) in [6, 6.07) is 9.85. The standard InChI is InChI=1S/C13H19BrN2/c1-9(10-3-2-4-11(14)7-10)16-13-6-5-12(15)8-13/h2-4,7,9,12-13,16H,5-6,8,15H2,1H3/t9-,12?,13?/m0/s1. The molecule has 2 unspecified atom stereocenters. The molecular formula is C13H19BrN2. The Morgan fingerprint density at radius 3 is 2.88 bits per heavy atom. The molecule has 0 amide bonds. The highest BCUT2D eigenvalue weighted by Gasteiger charge is 2.22. The molecule has 1 aliphatic rings. The largest absolute Gasteiger partial charge is 0.328 e.